The van der Waals surface area contributed by atoms with Crippen molar-refractivity contribution in [1.82, 2.24) is 15.1 Å². The first-order valence-electron chi connectivity index (χ1n) is 11.1. The zero-order valence-corrected chi connectivity index (χ0v) is 19.3. The fraction of sp³-hybridized carbons (Fsp3) is 0.400. The van der Waals surface area contributed by atoms with E-state index in [1.807, 2.05) is 12.1 Å². The fourth-order valence-corrected chi connectivity index (χ4v) is 3.86. The molecule has 1 fully saturated rings. The van der Waals surface area contributed by atoms with Crippen molar-refractivity contribution in [3.63, 3.8) is 0 Å². The van der Waals surface area contributed by atoms with Gasteiger partial charge in [0.05, 0.1) is 0 Å². The first-order chi connectivity index (χ1) is 15.6. The van der Waals surface area contributed by atoms with Gasteiger partial charge in [-0.15, -0.1) is 0 Å². The average molecular weight is 455 g/mol. The molecule has 1 aliphatic heterocycles. The Morgan fingerprint density at radius 3 is 1.88 bits per heavy atom. The van der Waals surface area contributed by atoms with Crippen LogP contribution < -0.4 is 11.1 Å². The maximum absolute atomic E-state index is 13.4. The summed E-state index contributed by atoms with van der Waals surface area (Å²) >= 11 is 0. The van der Waals surface area contributed by atoms with E-state index in [9.17, 15) is 18.8 Å². The monoisotopic (exact) mass is 454 g/mol. The molecule has 1 unspecified atom stereocenters. The second kappa shape index (κ2) is 10.1. The molecule has 2 aromatic rings. The molecule has 3 amide bonds. The lowest BCUT2D eigenvalue weighted by Gasteiger charge is -2.42. The lowest BCUT2D eigenvalue weighted by molar-refractivity contribution is -0.132. The van der Waals surface area contributed by atoms with Gasteiger partial charge < -0.3 is 20.9 Å². The van der Waals surface area contributed by atoms with Gasteiger partial charge in [0.1, 0.15) is 5.82 Å². The topological polar surface area (TPSA) is 95.7 Å². The zero-order chi connectivity index (χ0) is 24.2. The molecule has 1 atom stereocenters. The Kier molecular flexibility index (Phi) is 7.48. The van der Waals surface area contributed by atoms with Gasteiger partial charge in [-0.05, 0) is 53.8 Å². The summed E-state index contributed by atoms with van der Waals surface area (Å²) in [5.74, 6) is -1.71. The minimum absolute atomic E-state index is 0.0598. The Morgan fingerprint density at radius 2 is 1.42 bits per heavy atom. The molecule has 7 nitrogen and oxygen atoms in total. The average Bonchev–Trinajstić information content (AvgIpc) is 2.81. The highest BCUT2D eigenvalue weighted by atomic mass is 19.1. The Morgan fingerprint density at radius 1 is 0.939 bits per heavy atom. The third kappa shape index (κ3) is 5.57. The van der Waals surface area contributed by atoms with Crippen molar-refractivity contribution in [1.29, 1.82) is 0 Å². The van der Waals surface area contributed by atoms with E-state index in [1.165, 1.54) is 34.1 Å². The number of benzene rings is 2. The smallest absolute Gasteiger partial charge is 0.263 e. The predicted octanol–water partition coefficient (Wildman–Crippen LogP) is 2.51. The second-order valence-electron chi connectivity index (χ2n) is 9.14. The number of hydrogen-bond acceptors (Lipinski definition) is 4. The molecule has 1 saturated heterocycles. The van der Waals surface area contributed by atoms with Gasteiger partial charge in [-0.1, -0.05) is 32.9 Å². The van der Waals surface area contributed by atoms with Gasteiger partial charge in [0.25, 0.3) is 17.7 Å². The highest BCUT2D eigenvalue weighted by Crippen LogP contribution is 2.25. The van der Waals surface area contributed by atoms with Crippen LogP contribution in [0.3, 0.4) is 0 Å². The predicted molar refractivity (Wildman–Crippen MR) is 124 cm³/mol. The number of nitrogens with two attached hydrogens (primary N) is 1. The molecule has 176 valence electrons. The highest BCUT2D eigenvalue weighted by Gasteiger charge is 2.40. The summed E-state index contributed by atoms with van der Waals surface area (Å²) in [6, 6.07) is 12.4. The SMILES string of the molecule is CC(C)(C)c1ccc(C(=O)N2CCCN(C(=O)c3ccc(F)cc3)C2C(=O)NCCN)cc1. The quantitative estimate of drug-likeness (QED) is 0.726. The number of rotatable bonds is 5. The van der Waals surface area contributed by atoms with E-state index in [4.69, 9.17) is 5.73 Å². The van der Waals surface area contributed by atoms with E-state index in [0.29, 0.717) is 25.1 Å². The van der Waals surface area contributed by atoms with Crippen LogP contribution >= 0.6 is 0 Å². The molecule has 33 heavy (non-hydrogen) atoms. The number of carbonyl (C=O) groups excluding carboxylic acids is 3. The Labute approximate surface area is 193 Å². The summed E-state index contributed by atoms with van der Waals surface area (Å²) in [5, 5.41) is 2.70. The van der Waals surface area contributed by atoms with Crippen molar-refractivity contribution in [2.75, 3.05) is 26.2 Å². The maximum Gasteiger partial charge on any atom is 0.263 e. The summed E-state index contributed by atoms with van der Waals surface area (Å²) in [5.41, 5.74) is 7.24. The number of nitrogens with zero attached hydrogens (tertiary/aromatic N) is 2. The number of carbonyl (C=O) groups is 3. The van der Waals surface area contributed by atoms with Crippen molar-refractivity contribution >= 4 is 17.7 Å². The Hall–Kier alpha value is -3.26. The number of amides is 3. The lowest BCUT2D eigenvalue weighted by Crippen LogP contribution is -2.63. The minimum Gasteiger partial charge on any atom is -0.351 e. The summed E-state index contributed by atoms with van der Waals surface area (Å²) in [7, 11) is 0. The molecule has 1 heterocycles. The standard InChI is InChI=1S/C25H31FN4O3/c1-25(2,3)19-9-5-17(6-10-19)23(32)29-15-4-16-30(22(29)21(31)28-14-13-27)24(33)18-7-11-20(26)12-8-18/h5-12,22H,4,13-16,27H2,1-3H3,(H,28,31). The Bertz CT molecular complexity index is 1000. The van der Waals surface area contributed by atoms with E-state index >= 15 is 0 Å². The van der Waals surface area contributed by atoms with E-state index in [0.717, 1.165) is 5.56 Å². The molecule has 8 heteroatoms. The van der Waals surface area contributed by atoms with Crippen LogP contribution in [0.2, 0.25) is 0 Å². The Balaban J connectivity index is 1.92. The number of halogens is 1. The molecule has 3 rings (SSSR count). The normalized spacial score (nSPS) is 16.5. The molecule has 3 N–H and O–H groups in total. The molecule has 1 aliphatic rings. The van der Waals surface area contributed by atoms with E-state index < -0.39 is 23.8 Å². The van der Waals surface area contributed by atoms with Crippen LogP contribution in [-0.4, -0.2) is 59.9 Å². The van der Waals surface area contributed by atoms with Crippen LogP contribution in [0.4, 0.5) is 4.39 Å². The van der Waals surface area contributed by atoms with Gasteiger partial charge in [-0.25, -0.2) is 4.39 Å². The molecular formula is C25H31FN4O3. The van der Waals surface area contributed by atoms with Gasteiger partial charge in [0.15, 0.2) is 6.17 Å². The lowest BCUT2D eigenvalue weighted by atomic mass is 9.86. The summed E-state index contributed by atoms with van der Waals surface area (Å²) in [6.45, 7) is 7.34. The van der Waals surface area contributed by atoms with Crippen LogP contribution in [-0.2, 0) is 10.2 Å². The molecule has 0 aliphatic carbocycles. The molecule has 0 spiro atoms. The minimum atomic E-state index is -1.13. The van der Waals surface area contributed by atoms with Crippen LogP contribution in [0.15, 0.2) is 48.5 Å². The van der Waals surface area contributed by atoms with Crippen LogP contribution in [0.1, 0.15) is 53.5 Å². The van der Waals surface area contributed by atoms with Gasteiger partial charge >= 0.3 is 0 Å². The molecule has 0 bridgehead atoms. The van der Waals surface area contributed by atoms with E-state index in [1.54, 1.807) is 12.1 Å². The summed E-state index contributed by atoms with van der Waals surface area (Å²) in [6.07, 6.45) is -0.614. The van der Waals surface area contributed by atoms with E-state index in [-0.39, 0.29) is 30.0 Å². The number of nitrogens with one attached hydrogen (secondary N) is 1. The van der Waals surface area contributed by atoms with Crippen molar-refractivity contribution < 1.29 is 18.8 Å². The van der Waals surface area contributed by atoms with Gasteiger partial charge in [-0.2, -0.15) is 0 Å². The third-order valence-corrected chi connectivity index (χ3v) is 5.68. The molecular weight excluding hydrogens is 423 g/mol. The van der Waals surface area contributed by atoms with Gasteiger partial charge in [0, 0.05) is 37.3 Å². The van der Waals surface area contributed by atoms with Crippen molar-refractivity contribution in [2.45, 2.75) is 38.8 Å². The maximum atomic E-state index is 13.4. The van der Waals surface area contributed by atoms with Gasteiger partial charge in [0.2, 0.25) is 0 Å². The summed E-state index contributed by atoms with van der Waals surface area (Å²) < 4.78 is 13.3. The third-order valence-electron chi connectivity index (χ3n) is 5.68. The molecule has 0 radical (unpaired) electrons. The second-order valence-corrected chi connectivity index (χ2v) is 9.14. The molecule has 0 saturated carbocycles. The largest absolute Gasteiger partial charge is 0.351 e. The van der Waals surface area contributed by atoms with Crippen LogP contribution in [0.5, 0.6) is 0 Å². The first kappa shape index (κ1) is 24.4. The highest BCUT2D eigenvalue weighted by molar-refractivity contribution is 6.01. The fourth-order valence-electron chi connectivity index (χ4n) is 3.86. The van der Waals surface area contributed by atoms with Crippen molar-refractivity contribution in [3.05, 3.63) is 71.0 Å². The van der Waals surface area contributed by atoms with Crippen molar-refractivity contribution in [3.8, 4) is 0 Å². The van der Waals surface area contributed by atoms with Gasteiger partial charge in [-0.3, -0.25) is 14.4 Å². The van der Waals surface area contributed by atoms with Crippen LogP contribution in [0, 0.1) is 5.82 Å². The molecule has 0 aromatic heterocycles. The zero-order valence-electron chi connectivity index (χ0n) is 19.3. The van der Waals surface area contributed by atoms with E-state index in [2.05, 4.69) is 26.1 Å². The first-order valence-corrected chi connectivity index (χ1v) is 11.1. The summed E-state index contributed by atoms with van der Waals surface area (Å²) in [4.78, 5) is 42.5. The van der Waals surface area contributed by atoms with Crippen LogP contribution in [0.25, 0.3) is 0 Å². The number of hydrogen-bond donors (Lipinski definition) is 2. The van der Waals surface area contributed by atoms with Crippen molar-refractivity contribution in [2.24, 2.45) is 5.73 Å². The molecule has 2 aromatic carbocycles.